The molecule has 3 N–H and O–H groups in total. The molecule has 0 aromatic heterocycles. The average molecular weight is 235 g/mol. The Kier molecular flexibility index (Phi) is 3.76. The van der Waals surface area contributed by atoms with Gasteiger partial charge >= 0.3 is 0 Å². The van der Waals surface area contributed by atoms with Crippen molar-refractivity contribution in [2.24, 2.45) is 0 Å². The monoisotopic (exact) mass is 235 g/mol. The van der Waals surface area contributed by atoms with Gasteiger partial charge in [0.15, 0.2) is 6.10 Å². The Balaban J connectivity index is 3.25. The van der Waals surface area contributed by atoms with Gasteiger partial charge in [-0.25, -0.2) is 0 Å². The van der Waals surface area contributed by atoms with Crippen molar-refractivity contribution in [3.05, 3.63) is 29.3 Å². The molecular weight excluding hydrogens is 218 g/mol. The Morgan fingerprint density at radius 3 is 2.29 bits per heavy atom. The zero-order chi connectivity index (χ0) is 13.2. The van der Waals surface area contributed by atoms with Crippen molar-refractivity contribution >= 4 is 0 Å². The quantitative estimate of drug-likeness (QED) is 0.680. The fourth-order valence-electron chi connectivity index (χ4n) is 1.65. The molecular formula is C13H17NO3. The third-order valence-electron chi connectivity index (χ3n) is 2.63. The molecule has 0 aliphatic rings. The predicted octanol–water partition coefficient (Wildman–Crippen LogP) is 1.61. The smallest absolute Gasteiger partial charge is 0.170 e. The minimum absolute atomic E-state index is 0.0678. The summed E-state index contributed by atoms with van der Waals surface area (Å²) in [7, 11) is 0. The van der Waals surface area contributed by atoms with Gasteiger partial charge in [-0.1, -0.05) is 39.0 Å². The summed E-state index contributed by atoms with van der Waals surface area (Å²) in [6.45, 7) is 5.79. The van der Waals surface area contributed by atoms with Crippen LogP contribution in [0.4, 0.5) is 0 Å². The zero-order valence-electron chi connectivity index (χ0n) is 10.2. The third kappa shape index (κ3) is 2.76. The molecule has 0 spiro atoms. The van der Waals surface area contributed by atoms with E-state index < -0.39 is 12.2 Å². The van der Waals surface area contributed by atoms with Gasteiger partial charge in [-0.3, -0.25) is 0 Å². The summed E-state index contributed by atoms with van der Waals surface area (Å²) in [5.74, 6) is -0.0678. The van der Waals surface area contributed by atoms with Crippen LogP contribution in [0.15, 0.2) is 18.2 Å². The molecule has 92 valence electrons. The minimum Gasteiger partial charge on any atom is -0.507 e. The Labute approximate surface area is 101 Å². The maximum Gasteiger partial charge on any atom is 0.170 e. The molecule has 1 rings (SSSR count). The highest BCUT2D eigenvalue weighted by Crippen LogP contribution is 2.36. The molecule has 0 heterocycles. The molecule has 4 nitrogen and oxygen atoms in total. The number of benzene rings is 1. The van der Waals surface area contributed by atoms with E-state index in [0.717, 1.165) is 0 Å². The molecule has 0 saturated carbocycles. The van der Waals surface area contributed by atoms with Gasteiger partial charge in [0.25, 0.3) is 0 Å². The molecule has 2 unspecified atom stereocenters. The molecule has 1 aromatic rings. The maximum atomic E-state index is 10.1. The van der Waals surface area contributed by atoms with Crippen LogP contribution >= 0.6 is 0 Å². The SMILES string of the molecule is CC(C)(C)c1cccc(C(O)C(O)C#N)c1O. The van der Waals surface area contributed by atoms with Crippen LogP contribution in [-0.4, -0.2) is 21.4 Å². The molecule has 1 aromatic carbocycles. The fourth-order valence-corrected chi connectivity index (χ4v) is 1.65. The van der Waals surface area contributed by atoms with Crippen molar-refractivity contribution in [2.45, 2.75) is 38.4 Å². The number of aromatic hydroxyl groups is 1. The highest BCUT2D eigenvalue weighted by Gasteiger charge is 2.25. The molecule has 0 fully saturated rings. The summed E-state index contributed by atoms with van der Waals surface area (Å²) < 4.78 is 0. The van der Waals surface area contributed by atoms with Crippen LogP contribution in [0.1, 0.15) is 38.0 Å². The van der Waals surface area contributed by atoms with E-state index in [2.05, 4.69) is 0 Å². The van der Waals surface area contributed by atoms with Gasteiger partial charge in [0.1, 0.15) is 11.9 Å². The summed E-state index contributed by atoms with van der Waals surface area (Å²) in [6.07, 6.45) is -2.95. The lowest BCUT2D eigenvalue weighted by Gasteiger charge is -2.23. The molecule has 4 heteroatoms. The predicted molar refractivity (Wildman–Crippen MR) is 63.4 cm³/mol. The van der Waals surface area contributed by atoms with Crippen molar-refractivity contribution < 1.29 is 15.3 Å². The first-order chi connectivity index (χ1) is 7.79. The first-order valence-corrected chi connectivity index (χ1v) is 5.37. The number of para-hydroxylation sites is 1. The number of phenolic OH excluding ortho intramolecular Hbond substituents is 1. The average Bonchev–Trinajstić information content (AvgIpc) is 2.25. The number of nitriles is 1. The second kappa shape index (κ2) is 4.74. The van der Waals surface area contributed by atoms with Crippen LogP contribution in [0.2, 0.25) is 0 Å². The lowest BCUT2D eigenvalue weighted by Crippen LogP contribution is -2.18. The van der Waals surface area contributed by atoms with Gasteiger partial charge in [-0.15, -0.1) is 0 Å². The summed E-state index contributed by atoms with van der Waals surface area (Å²) in [6, 6.07) is 6.48. The molecule has 0 bridgehead atoms. The first-order valence-electron chi connectivity index (χ1n) is 5.37. The van der Waals surface area contributed by atoms with E-state index >= 15 is 0 Å². The lowest BCUT2D eigenvalue weighted by atomic mass is 9.84. The van der Waals surface area contributed by atoms with E-state index in [1.165, 1.54) is 6.07 Å². The van der Waals surface area contributed by atoms with Gasteiger partial charge < -0.3 is 15.3 Å². The molecule has 0 saturated heterocycles. The first kappa shape index (κ1) is 13.5. The number of nitrogens with zero attached hydrogens (tertiary/aromatic N) is 1. The van der Waals surface area contributed by atoms with Crippen molar-refractivity contribution in [3.8, 4) is 11.8 Å². The van der Waals surface area contributed by atoms with Crippen molar-refractivity contribution in [3.63, 3.8) is 0 Å². The van der Waals surface area contributed by atoms with Crippen LogP contribution < -0.4 is 0 Å². The van der Waals surface area contributed by atoms with Crippen LogP contribution in [0, 0.1) is 11.3 Å². The van der Waals surface area contributed by atoms with Gasteiger partial charge in [-0.2, -0.15) is 5.26 Å². The number of hydrogen-bond acceptors (Lipinski definition) is 4. The van der Waals surface area contributed by atoms with Crippen LogP contribution in [-0.2, 0) is 5.41 Å². The Hall–Kier alpha value is -1.57. The van der Waals surface area contributed by atoms with E-state index in [1.807, 2.05) is 20.8 Å². The Morgan fingerprint density at radius 2 is 1.82 bits per heavy atom. The number of hydrogen-bond donors (Lipinski definition) is 3. The van der Waals surface area contributed by atoms with Crippen LogP contribution in [0.3, 0.4) is 0 Å². The normalized spacial score (nSPS) is 15.1. The number of aliphatic hydroxyl groups excluding tert-OH is 2. The molecule has 2 atom stereocenters. The molecule has 0 amide bonds. The molecule has 0 aliphatic carbocycles. The number of aliphatic hydroxyl groups is 2. The molecule has 0 radical (unpaired) electrons. The largest absolute Gasteiger partial charge is 0.507 e. The maximum absolute atomic E-state index is 10.1. The van der Waals surface area contributed by atoms with E-state index in [4.69, 9.17) is 5.26 Å². The molecule has 17 heavy (non-hydrogen) atoms. The Bertz CT molecular complexity index is 443. The lowest BCUT2D eigenvalue weighted by molar-refractivity contribution is 0.0510. The van der Waals surface area contributed by atoms with Crippen LogP contribution in [0.5, 0.6) is 5.75 Å². The summed E-state index contributed by atoms with van der Waals surface area (Å²) in [4.78, 5) is 0. The number of rotatable bonds is 2. The van der Waals surface area contributed by atoms with E-state index in [-0.39, 0.29) is 16.7 Å². The topological polar surface area (TPSA) is 84.5 Å². The zero-order valence-corrected chi connectivity index (χ0v) is 10.2. The van der Waals surface area contributed by atoms with Crippen molar-refractivity contribution in [1.29, 1.82) is 5.26 Å². The summed E-state index contributed by atoms with van der Waals surface area (Å²) in [5, 5.41) is 37.6. The van der Waals surface area contributed by atoms with E-state index in [0.29, 0.717) is 5.56 Å². The summed E-state index contributed by atoms with van der Waals surface area (Å²) >= 11 is 0. The Morgan fingerprint density at radius 1 is 1.24 bits per heavy atom. The van der Waals surface area contributed by atoms with Crippen molar-refractivity contribution in [1.82, 2.24) is 0 Å². The highest BCUT2D eigenvalue weighted by molar-refractivity contribution is 5.45. The fraction of sp³-hybridized carbons (Fsp3) is 0.462. The second-order valence-corrected chi connectivity index (χ2v) is 5.01. The summed E-state index contributed by atoms with van der Waals surface area (Å²) in [5.41, 5.74) is 0.558. The third-order valence-corrected chi connectivity index (χ3v) is 2.63. The van der Waals surface area contributed by atoms with Crippen molar-refractivity contribution in [2.75, 3.05) is 0 Å². The molecule has 0 aliphatic heterocycles. The highest BCUT2D eigenvalue weighted by atomic mass is 16.3. The van der Waals surface area contributed by atoms with E-state index in [9.17, 15) is 15.3 Å². The van der Waals surface area contributed by atoms with Gasteiger partial charge in [-0.05, 0) is 11.0 Å². The standard InChI is InChI=1S/C13H17NO3/c1-13(2,3)9-6-4-5-8(11(9)16)12(17)10(15)7-14/h4-6,10,12,15-17H,1-3H3. The van der Waals surface area contributed by atoms with Gasteiger partial charge in [0.2, 0.25) is 0 Å². The number of phenols is 1. The van der Waals surface area contributed by atoms with E-state index in [1.54, 1.807) is 18.2 Å². The van der Waals surface area contributed by atoms with Crippen LogP contribution in [0.25, 0.3) is 0 Å². The van der Waals surface area contributed by atoms with Gasteiger partial charge in [0.05, 0.1) is 6.07 Å². The second-order valence-electron chi connectivity index (χ2n) is 5.01. The minimum atomic E-state index is -1.55. The van der Waals surface area contributed by atoms with Gasteiger partial charge in [0, 0.05) is 5.56 Å².